The zero-order valence-electron chi connectivity index (χ0n) is 12.6. The molecule has 22 heavy (non-hydrogen) atoms. The largest absolute Gasteiger partial charge is 0.339 e. The molecule has 2 N–H and O–H groups in total. The van der Waals surface area contributed by atoms with Gasteiger partial charge >= 0.3 is 0 Å². The number of carbonyl (C=O) groups is 1. The predicted molar refractivity (Wildman–Crippen MR) is 94.5 cm³/mol. The molecule has 1 atom stereocenters. The molecule has 2 aromatic rings. The van der Waals surface area contributed by atoms with Crippen LogP contribution in [0.4, 0.5) is 4.79 Å². The molecule has 0 fully saturated rings. The second kappa shape index (κ2) is 7.68. The summed E-state index contributed by atoms with van der Waals surface area (Å²) in [6.07, 6.45) is 0. The van der Waals surface area contributed by atoms with Crippen molar-refractivity contribution < 1.29 is 4.79 Å². The first-order valence-corrected chi connectivity index (χ1v) is 8.27. The van der Waals surface area contributed by atoms with Crippen molar-refractivity contribution in [3.8, 4) is 11.1 Å². The molecule has 0 saturated heterocycles. The number of amides is 1. The van der Waals surface area contributed by atoms with Gasteiger partial charge in [0.1, 0.15) is 0 Å². The van der Waals surface area contributed by atoms with Crippen LogP contribution in [0.1, 0.15) is 11.6 Å². The highest BCUT2D eigenvalue weighted by Crippen LogP contribution is 2.26. The summed E-state index contributed by atoms with van der Waals surface area (Å²) in [5.74, 6) is 0.408. The summed E-state index contributed by atoms with van der Waals surface area (Å²) in [4.78, 5) is 14.2. The standard InChI is InChI=1S/C17H19ClN2OS/c1-20(2)17(21)22-15-9-7-13(8-10-15)12-3-5-14(6-4-12)16(19)11-18/h3-10,16H,11,19H2,1-2H3/t16-/m1/s1. The van der Waals surface area contributed by atoms with E-state index in [1.807, 2.05) is 48.5 Å². The average Bonchev–Trinajstić information content (AvgIpc) is 2.55. The first-order chi connectivity index (χ1) is 10.5. The number of hydrogen-bond acceptors (Lipinski definition) is 3. The van der Waals surface area contributed by atoms with Crippen LogP contribution in [0.15, 0.2) is 53.4 Å². The van der Waals surface area contributed by atoms with Crippen molar-refractivity contribution >= 4 is 28.6 Å². The Balaban J connectivity index is 2.11. The first-order valence-electron chi connectivity index (χ1n) is 6.92. The molecule has 0 bridgehead atoms. The third kappa shape index (κ3) is 4.26. The van der Waals surface area contributed by atoms with E-state index < -0.39 is 0 Å². The highest BCUT2D eigenvalue weighted by molar-refractivity contribution is 8.13. The van der Waals surface area contributed by atoms with Gasteiger partial charge in [-0.25, -0.2) is 0 Å². The van der Waals surface area contributed by atoms with E-state index in [4.69, 9.17) is 17.3 Å². The molecular weight excluding hydrogens is 316 g/mol. The Morgan fingerprint density at radius 3 is 2.05 bits per heavy atom. The van der Waals surface area contributed by atoms with Crippen molar-refractivity contribution in [2.75, 3.05) is 20.0 Å². The Hall–Kier alpha value is -1.49. The van der Waals surface area contributed by atoms with Gasteiger partial charge in [-0.05, 0) is 40.6 Å². The molecule has 0 unspecified atom stereocenters. The number of carbonyl (C=O) groups excluding carboxylic acids is 1. The molecule has 0 saturated carbocycles. The van der Waals surface area contributed by atoms with Crippen LogP contribution in [-0.4, -0.2) is 30.1 Å². The first kappa shape index (κ1) is 16.9. The lowest BCUT2D eigenvalue weighted by Gasteiger charge is -2.10. The van der Waals surface area contributed by atoms with Crippen molar-refractivity contribution in [1.82, 2.24) is 4.90 Å². The third-order valence-corrected chi connectivity index (χ3v) is 4.64. The smallest absolute Gasteiger partial charge is 0.285 e. The number of nitrogens with two attached hydrogens (primary N) is 1. The molecule has 0 aliphatic heterocycles. The highest BCUT2D eigenvalue weighted by atomic mass is 35.5. The van der Waals surface area contributed by atoms with Gasteiger partial charge in [0.05, 0.1) is 0 Å². The number of thioether (sulfide) groups is 1. The number of alkyl halides is 1. The lowest BCUT2D eigenvalue weighted by molar-refractivity contribution is 0.241. The number of halogens is 1. The van der Waals surface area contributed by atoms with E-state index in [1.165, 1.54) is 11.8 Å². The molecule has 0 radical (unpaired) electrons. The fourth-order valence-electron chi connectivity index (χ4n) is 1.92. The molecule has 0 aliphatic rings. The van der Waals surface area contributed by atoms with Crippen LogP contribution in [0, 0.1) is 0 Å². The van der Waals surface area contributed by atoms with E-state index in [0.29, 0.717) is 5.88 Å². The Kier molecular flexibility index (Phi) is 5.89. The zero-order valence-corrected chi connectivity index (χ0v) is 14.2. The molecular formula is C17H19ClN2OS. The van der Waals surface area contributed by atoms with Crippen LogP contribution in [0.2, 0.25) is 0 Å². The normalized spacial score (nSPS) is 12.0. The van der Waals surface area contributed by atoms with Crippen molar-refractivity contribution in [1.29, 1.82) is 0 Å². The summed E-state index contributed by atoms with van der Waals surface area (Å²) in [6.45, 7) is 0. The molecule has 1 amide bonds. The number of nitrogens with zero attached hydrogens (tertiary/aromatic N) is 1. The summed E-state index contributed by atoms with van der Waals surface area (Å²) >= 11 is 6.99. The third-order valence-electron chi connectivity index (χ3n) is 3.26. The summed E-state index contributed by atoms with van der Waals surface area (Å²) in [5, 5.41) is 0.0205. The van der Waals surface area contributed by atoms with E-state index in [0.717, 1.165) is 21.6 Å². The monoisotopic (exact) mass is 334 g/mol. The summed E-state index contributed by atoms with van der Waals surface area (Å²) in [6, 6.07) is 15.9. The van der Waals surface area contributed by atoms with Crippen LogP contribution in [-0.2, 0) is 0 Å². The van der Waals surface area contributed by atoms with E-state index in [-0.39, 0.29) is 11.3 Å². The molecule has 0 spiro atoms. The topological polar surface area (TPSA) is 46.3 Å². The number of rotatable bonds is 4. The van der Waals surface area contributed by atoms with Gasteiger partial charge < -0.3 is 10.6 Å². The molecule has 0 aliphatic carbocycles. The van der Waals surface area contributed by atoms with Gasteiger partial charge in [0, 0.05) is 30.9 Å². The summed E-state index contributed by atoms with van der Waals surface area (Å²) in [5.41, 5.74) is 9.15. The Morgan fingerprint density at radius 2 is 1.59 bits per heavy atom. The molecule has 2 rings (SSSR count). The van der Waals surface area contributed by atoms with Crippen molar-refractivity contribution in [3.63, 3.8) is 0 Å². The van der Waals surface area contributed by atoms with Gasteiger partial charge in [0.15, 0.2) is 0 Å². The lowest BCUT2D eigenvalue weighted by Crippen LogP contribution is -2.15. The maximum absolute atomic E-state index is 11.7. The Labute approximate surface area is 140 Å². The van der Waals surface area contributed by atoms with Crippen LogP contribution >= 0.6 is 23.4 Å². The maximum atomic E-state index is 11.7. The minimum atomic E-state index is -0.133. The summed E-state index contributed by atoms with van der Waals surface area (Å²) < 4.78 is 0. The van der Waals surface area contributed by atoms with Gasteiger partial charge in [-0.3, -0.25) is 4.79 Å². The van der Waals surface area contributed by atoms with Crippen molar-refractivity contribution in [3.05, 3.63) is 54.1 Å². The predicted octanol–water partition coefficient (Wildman–Crippen LogP) is 4.37. The molecule has 3 nitrogen and oxygen atoms in total. The number of benzene rings is 2. The SMILES string of the molecule is CN(C)C(=O)Sc1ccc(-c2ccc([C@H](N)CCl)cc2)cc1. The van der Waals surface area contributed by atoms with Gasteiger partial charge in [0.2, 0.25) is 0 Å². The quantitative estimate of drug-likeness (QED) is 0.667. The van der Waals surface area contributed by atoms with E-state index in [2.05, 4.69) is 0 Å². The van der Waals surface area contributed by atoms with Gasteiger partial charge in [-0.1, -0.05) is 36.4 Å². The molecule has 0 heterocycles. The summed E-state index contributed by atoms with van der Waals surface area (Å²) in [7, 11) is 3.49. The van der Waals surface area contributed by atoms with Crippen LogP contribution in [0.25, 0.3) is 11.1 Å². The second-order valence-electron chi connectivity index (χ2n) is 5.17. The van der Waals surface area contributed by atoms with Crippen molar-refractivity contribution in [2.45, 2.75) is 10.9 Å². The van der Waals surface area contributed by atoms with Gasteiger partial charge in [-0.2, -0.15) is 0 Å². The molecule has 0 aromatic heterocycles. The van der Waals surface area contributed by atoms with E-state index in [1.54, 1.807) is 19.0 Å². The van der Waals surface area contributed by atoms with Crippen LogP contribution < -0.4 is 5.73 Å². The minimum Gasteiger partial charge on any atom is -0.339 e. The van der Waals surface area contributed by atoms with Crippen molar-refractivity contribution in [2.24, 2.45) is 5.73 Å². The average molecular weight is 335 g/mol. The Bertz CT molecular complexity index is 626. The lowest BCUT2D eigenvalue weighted by atomic mass is 10.0. The maximum Gasteiger partial charge on any atom is 0.285 e. The highest BCUT2D eigenvalue weighted by Gasteiger charge is 2.07. The van der Waals surface area contributed by atoms with Crippen LogP contribution in [0.5, 0.6) is 0 Å². The Morgan fingerprint density at radius 1 is 1.09 bits per heavy atom. The fourth-order valence-corrected chi connectivity index (χ4v) is 2.75. The van der Waals surface area contributed by atoms with Gasteiger partial charge in [0.25, 0.3) is 5.24 Å². The van der Waals surface area contributed by atoms with Gasteiger partial charge in [-0.15, -0.1) is 11.6 Å². The molecule has 5 heteroatoms. The molecule has 2 aromatic carbocycles. The van der Waals surface area contributed by atoms with E-state index >= 15 is 0 Å². The number of hydrogen-bond donors (Lipinski definition) is 1. The van der Waals surface area contributed by atoms with E-state index in [9.17, 15) is 4.79 Å². The zero-order chi connectivity index (χ0) is 16.1. The second-order valence-corrected chi connectivity index (χ2v) is 6.50. The van der Waals surface area contributed by atoms with Crippen LogP contribution in [0.3, 0.4) is 0 Å². The fraction of sp³-hybridized carbons (Fsp3) is 0.235. The minimum absolute atomic E-state index is 0.0205. The molecule has 116 valence electrons.